The van der Waals surface area contributed by atoms with Gasteiger partial charge >= 0.3 is 0 Å². The summed E-state index contributed by atoms with van der Waals surface area (Å²) in [6.45, 7) is 8.20. The average Bonchev–Trinajstić information content (AvgIpc) is 2.02. The van der Waals surface area contributed by atoms with Crippen molar-refractivity contribution in [2.75, 3.05) is 24.2 Å². The molecule has 0 saturated carbocycles. The van der Waals surface area contributed by atoms with Crippen molar-refractivity contribution in [1.82, 2.24) is 4.90 Å². The Morgan fingerprint density at radius 1 is 1.54 bits per heavy atom. The first kappa shape index (κ1) is 11.1. The summed E-state index contributed by atoms with van der Waals surface area (Å²) < 4.78 is 0. The second kappa shape index (κ2) is 4.49. The van der Waals surface area contributed by atoms with Crippen LogP contribution in [0.5, 0.6) is 0 Å². The maximum atomic E-state index is 8.97. The molecular formula is C9H18N2SSi. The Labute approximate surface area is 86.3 Å². The Morgan fingerprint density at radius 3 is 2.77 bits per heavy atom. The molecule has 0 radical (unpaired) electrons. The van der Waals surface area contributed by atoms with Crippen molar-refractivity contribution in [2.45, 2.75) is 25.7 Å². The average molecular weight is 214 g/mol. The van der Waals surface area contributed by atoms with Crippen LogP contribution < -0.4 is 0 Å². The molecule has 0 aromatic rings. The van der Waals surface area contributed by atoms with E-state index in [4.69, 9.17) is 5.26 Å². The molecule has 0 N–H and O–H groups in total. The lowest BCUT2D eigenvalue weighted by Gasteiger charge is -2.35. The molecule has 0 aliphatic carbocycles. The van der Waals surface area contributed by atoms with E-state index in [1.165, 1.54) is 11.9 Å². The molecule has 0 aromatic carbocycles. The van der Waals surface area contributed by atoms with Crippen LogP contribution in [0.25, 0.3) is 0 Å². The van der Waals surface area contributed by atoms with E-state index in [0.29, 0.717) is 0 Å². The zero-order chi connectivity index (χ0) is 9.90. The van der Waals surface area contributed by atoms with E-state index in [2.05, 4.69) is 30.6 Å². The minimum Gasteiger partial charge on any atom is -0.289 e. The van der Waals surface area contributed by atoms with Gasteiger partial charge in [-0.25, -0.2) is 0 Å². The number of rotatable bonds is 2. The topological polar surface area (TPSA) is 27.0 Å². The molecule has 0 spiro atoms. The van der Waals surface area contributed by atoms with E-state index in [0.717, 1.165) is 12.3 Å². The maximum absolute atomic E-state index is 8.97. The van der Waals surface area contributed by atoms with Crippen molar-refractivity contribution >= 4 is 19.8 Å². The normalized spacial score (nSPS) is 25.5. The summed E-state index contributed by atoms with van der Waals surface area (Å²) in [5, 5.41) is 8.97. The minimum absolute atomic E-state index is 0.172. The molecular weight excluding hydrogens is 196 g/mol. The maximum Gasteiger partial charge on any atom is 0.107 e. The summed E-state index contributed by atoms with van der Waals surface area (Å²) in [5.41, 5.74) is 0. The van der Waals surface area contributed by atoms with Crippen LogP contribution in [-0.2, 0) is 0 Å². The quantitative estimate of drug-likeness (QED) is 0.656. The highest BCUT2D eigenvalue weighted by Crippen LogP contribution is 2.17. The molecule has 1 rings (SSSR count). The molecule has 1 fully saturated rings. The van der Waals surface area contributed by atoms with Crippen molar-refractivity contribution in [1.29, 1.82) is 5.26 Å². The Balaban J connectivity index is 2.51. The lowest BCUT2D eigenvalue weighted by molar-refractivity contribution is 0.295. The van der Waals surface area contributed by atoms with Crippen LogP contribution >= 0.6 is 11.8 Å². The molecule has 74 valence electrons. The predicted octanol–water partition coefficient (Wildman–Crippen LogP) is 1.80. The summed E-state index contributed by atoms with van der Waals surface area (Å²) in [5.74, 6) is 2.20. The number of nitriles is 1. The highest BCUT2D eigenvalue weighted by molar-refractivity contribution is 7.99. The monoisotopic (exact) mass is 214 g/mol. The first-order chi connectivity index (χ1) is 6.03. The second-order valence-electron chi connectivity index (χ2n) is 4.75. The van der Waals surface area contributed by atoms with Crippen molar-refractivity contribution in [3.05, 3.63) is 0 Å². The van der Waals surface area contributed by atoms with Gasteiger partial charge in [0.2, 0.25) is 0 Å². The van der Waals surface area contributed by atoms with Crippen LogP contribution in [0.4, 0.5) is 0 Å². The highest BCUT2D eigenvalue weighted by Gasteiger charge is 2.26. The first-order valence-corrected chi connectivity index (χ1v) is 9.60. The van der Waals surface area contributed by atoms with E-state index in [1.807, 2.05) is 11.8 Å². The van der Waals surface area contributed by atoms with Gasteiger partial charge in [-0.3, -0.25) is 4.90 Å². The molecule has 2 nitrogen and oxygen atoms in total. The predicted molar refractivity (Wildman–Crippen MR) is 61.6 cm³/mol. The van der Waals surface area contributed by atoms with Crippen LogP contribution in [0.1, 0.15) is 0 Å². The van der Waals surface area contributed by atoms with Gasteiger partial charge in [0, 0.05) is 18.1 Å². The highest BCUT2D eigenvalue weighted by atomic mass is 32.2. The molecule has 0 aromatic heterocycles. The van der Waals surface area contributed by atoms with E-state index in [9.17, 15) is 0 Å². The summed E-state index contributed by atoms with van der Waals surface area (Å²) in [4.78, 5) is 2.38. The summed E-state index contributed by atoms with van der Waals surface area (Å²) in [7, 11) is -1.04. The van der Waals surface area contributed by atoms with Crippen LogP contribution in [0.15, 0.2) is 0 Å². The third-order valence-corrected chi connectivity index (χ3v) is 4.44. The molecule has 1 unspecified atom stereocenters. The Morgan fingerprint density at radius 2 is 2.23 bits per heavy atom. The Hall–Kier alpha value is 0.0169. The van der Waals surface area contributed by atoms with E-state index >= 15 is 0 Å². The molecule has 0 bridgehead atoms. The van der Waals surface area contributed by atoms with Gasteiger partial charge in [0.25, 0.3) is 0 Å². The van der Waals surface area contributed by atoms with Gasteiger partial charge in [0.05, 0.1) is 14.1 Å². The number of hydrogen-bond acceptors (Lipinski definition) is 3. The summed E-state index contributed by atoms with van der Waals surface area (Å²) in [6, 6.07) is 2.58. The van der Waals surface area contributed by atoms with Crippen LogP contribution in [0, 0.1) is 11.3 Å². The summed E-state index contributed by atoms with van der Waals surface area (Å²) in [6.07, 6.45) is 1.17. The fraction of sp³-hybridized carbons (Fsp3) is 0.889. The smallest absolute Gasteiger partial charge is 0.107 e. The third-order valence-electron chi connectivity index (χ3n) is 2.07. The molecule has 1 aliphatic rings. The number of thioether (sulfide) groups is 1. The second-order valence-corrected chi connectivity index (χ2v) is 11.3. The minimum atomic E-state index is -1.04. The van der Waals surface area contributed by atoms with Crippen LogP contribution in [0.3, 0.4) is 0 Å². The fourth-order valence-electron chi connectivity index (χ4n) is 1.56. The van der Waals surface area contributed by atoms with Crippen molar-refractivity contribution < 1.29 is 0 Å². The third kappa shape index (κ3) is 3.71. The zero-order valence-corrected chi connectivity index (χ0v) is 10.5. The number of hydrogen-bond donors (Lipinski definition) is 0. The van der Waals surface area contributed by atoms with Gasteiger partial charge in [0.1, 0.15) is 6.04 Å². The van der Waals surface area contributed by atoms with Gasteiger partial charge in [-0.2, -0.15) is 17.0 Å². The van der Waals surface area contributed by atoms with Crippen molar-refractivity contribution in [3.63, 3.8) is 0 Å². The van der Waals surface area contributed by atoms with Gasteiger partial charge in [0.15, 0.2) is 0 Å². The standard InChI is InChI=1S/C9H18N2SSi/c1-13(2,3)8-11-4-5-12-7-9(11)6-10/h9H,4-5,7-8H2,1-3H3. The van der Waals surface area contributed by atoms with E-state index in [-0.39, 0.29) is 6.04 Å². The van der Waals surface area contributed by atoms with Crippen LogP contribution in [-0.4, -0.2) is 43.2 Å². The molecule has 1 atom stereocenters. The molecule has 4 heteroatoms. The molecule has 1 saturated heterocycles. The molecule has 0 amide bonds. The van der Waals surface area contributed by atoms with Gasteiger partial charge in [-0.05, 0) is 6.17 Å². The Bertz CT molecular complexity index is 207. The van der Waals surface area contributed by atoms with Crippen LogP contribution in [0.2, 0.25) is 19.6 Å². The Kier molecular flexibility index (Phi) is 3.83. The SMILES string of the molecule is C[Si](C)(C)CN1CCSCC1C#N. The molecule has 1 heterocycles. The fourth-order valence-corrected chi connectivity index (χ4v) is 4.19. The van der Waals surface area contributed by atoms with E-state index in [1.54, 1.807) is 0 Å². The van der Waals surface area contributed by atoms with E-state index < -0.39 is 8.07 Å². The molecule has 13 heavy (non-hydrogen) atoms. The van der Waals surface area contributed by atoms with Crippen molar-refractivity contribution in [2.24, 2.45) is 0 Å². The zero-order valence-electron chi connectivity index (χ0n) is 8.71. The summed E-state index contributed by atoms with van der Waals surface area (Å²) >= 11 is 1.91. The van der Waals surface area contributed by atoms with Gasteiger partial charge in [-0.1, -0.05) is 19.6 Å². The lowest BCUT2D eigenvalue weighted by Crippen LogP contribution is -2.49. The van der Waals surface area contributed by atoms with Gasteiger partial charge < -0.3 is 0 Å². The van der Waals surface area contributed by atoms with Gasteiger partial charge in [-0.15, -0.1) is 0 Å². The van der Waals surface area contributed by atoms with Crippen molar-refractivity contribution in [3.8, 4) is 6.07 Å². The first-order valence-electron chi connectivity index (χ1n) is 4.74. The lowest BCUT2D eigenvalue weighted by atomic mass is 10.3. The molecule has 1 aliphatic heterocycles. The largest absolute Gasteiger partial charge is 0.289 e. The number of nitrogens with zero attached hydrogens (tertiary/aromatic N) is 2.